The fourth-order valence-electron chi connectivity index (χ4n) is 3.67. The lowest BCUT2D eigenvalue weighted by molar-refractivity contribution is -0.140. The van der Waals surface area contributed by atoms with E-state index >= 15 is 0 Å². The first-order valence-electron chi connectivity index (χ1n) is 10.8. The molecule has 0 radical (unpaired) electrons. The van der Waals surface area contributed by atoms with E-state index in [-0.39, 0.29) is 29.9 Å². The van der Waals surface area contributed by atoms with Crippen molar-refractivity contribution >= 4 is 27.6 Å². The minimum atomic E-state index is -3.73. The fourth-order valence-corrected chi connectivity index (χ4v) is 5.10. The highest BCUT2D eigenvalue weighted by molar-refractivity contribution is 7.89. The van der Waals surface area contributed by atoms with Gasteiger partial charge in [0, 0.05) is 44.8 Å². The van der Waals surface area contributed by atoms with E-state index in [9.17, 15) is 18.0 Å². The number of benzene rings is 1. The molecule has 3 rings (SSSR count). The standard InChI is InChI=1S/C21H31N3O7S/c1-29-20(25)4-2-3-7-22-21(26)18-16-17(32(27,28)24-10-14-31-15-11-24)5-6-19(18)23-8-12-30-13-9-23/h5-6,16H,2-4,7-15H2,1H3,(H,22,26). The molecular formula is C21H31N3O7S. The van der Waals surface area contributed by atoms with Gasteiger partial charge in [0.25, 0.3) is 5.91 Å². The van der Waals surface area contributed by atoms with Crippen LogP contribution >= 0.6 is 0 Å². The number of carbonyl (C=O) groups excluding carboxylic acids is 2. The second-order valence-corrected chi connectivity index (χ2v) is 9.52. The van der Waals surface area contributed by atoms with E-state index in [1.165, 1.54) is 17.5 Å². The molecule has 1 aromatic carbocycles. The van der Waals surface area contributed by atoms with Crippen molar-refractivity contribution in [2.24, 2.45) is 0 Å². The largest absolute Gasteiger partial charge is 0.469 e. The van der Waals surface area contributed by atoms with E-state index < -0.39 is 10.0 Å². The first kappa shape index (κ1) is 24.4. The zero-order valence-electron chi connectivity index (χ0n) is 18.4. The van der Waals surface area contributed by atoms with Gasteiger partial charge in [0.2, 0.25) is 10.0 Å². The number of rotatable bonds is 9. The van der Waals surface area contributed by atoms with E-state index in [2.05, 4.69) is 10.1 Å². The average Bonchev–Trinajstić information content (AvgIpc) is 2.84. The van der Waals surface area contributed by atoms with Gasteiger partial charge in [0.15, 0.2) is 0 Å². The summed E-state index contributed by atoms with van der Waals surface area (Å²) in [5, 5.41) is 2.85. The molecule has 0 spiro atoms. The van der Waals surface area contributed by atoms with Crippen LogP contribution < -0.4 is 10.2 Å². The Bertz CT molecular complexity index is 895. The summed E-state index contributed by atoms with van der Waals surface area (Å²) < 4.78 is 42.9. The molecule has 0 saturated carbocycles. The van der Waals surface area contributed by atoms with Gasteiger partial charge in [-0.25, -0.2) is 8.42 Å². The molecule has 0 bridgehead atoms. The zero-order chi connectivity index (χ0) is 23.0. The number of hydrogen-bond donors (Lipinski definition) is 1. The maximum atomic E-state index is 13.1. The SMILES string of the molecule is COC(=O)CCCCNC(=O)c1cc(S(=O)(=O)N2CCOCC2)ccc1N1CCOCC1. The van der Waals surface area contributed by atoms with Crippen molar-refractivity contribution in [3.05, 3.63) is 23.8 Å². The maximum absolute atomic E-state index is 13.1. The summed E-state index contributed by atoms with van der Waals surface area (Å²) >= 11 is 0. The number of nitrogens with zero attached hydrogens (tertiary/aromatic N) is 2. The van der Waals surface area contributed by atoms with Crippen LogP contribution in [0, 0.1) is 0 Å². The third-order valence-corrected chi connectivity index (χ3v) is 7.39. The minimum Gasteiger partial charge on any atom is -0.469 e. The monoisotopic (exact) mass is 469 g/mol. The quantitative estimate of drug-likeness (QED) is 0.414. The molecule has 1 amide bonds. The number of esters is 1. The highest BCUT2D eigenvalue weighted by Crippen LogP contribution is 2.27. The molecular weight excluding hydrogens is 438 g/mol. The summed E-state index contributed by atoms with van der Waals surface area (Å²) in [4.78, 5) is 26.4. The Morgan fingerprint density at radius 3 is 2.34 bits per heavy atom. The lowest BCUT2D eigenvalue weighted by atomic mass is 10.1. The first-order valence-corrected chi connectivity index (χ1v) is 12.3. The van der Waals surface area contributed by atoms with Gasteiger partial charge in [-0.15, -0.1) is 0 Å². The number of ether oxygens (including phenoxy) is 3. The van der Waals surface area contributed by atoms with Gasteiger partial charge < -0.3 is 24.4 Å². The lowest BCUT2D eigenvalue weighted by Crippen LogP contribution is -2.41. The third kappa shape index (κ3) is 6.18. The van der Waals surface area contributed by atoms with Crippen molar-refractivity contribution in [3.63, 3.8) is 0 Å². The first-order chi connectivity index (χ1) is 15.4. The Morgan fingerprint density at radius 1 is 1.03 bits per heavy atom. The van der Waals surface area contributed by atoms with Gasteiger partial charge in [0.05, 0.1) is 44.0 Å². The third-order valence-electron chi connectivity index (χ3n) is 5.49. The highest BCUT2D eigenvalue weighted by Gasteiger charge is 2.28. The topological polar surface area (TPSA) is 114 Å². The lowest BCUT2D eigenvalue weighted by Gasteiger charge is -2.31. The van der Waals surface area contributed by atoms with E-state index in [4.69, 9.17) is 9.47 Å². The van der Waals surface area contributed by atoms with E-state index in [0.29, 0.717) is 76.6 Å². The van der Waals surface area contributed by atoms with Gasteiger partial charge >= 0.3 is 5.97 Å². The predicted molar refractivity (Wildman–Crippen MR) is 117 cm³/mol. The summed E-state index contributed by atoms with van der Waals surface area (Å²) in [6, 6.07) is 4.72. The summed E-state index contributed by atoms with van der Waals surface area (Å²) in [5.41, 5.74) is 0.996. The van der Waals surface area contributed by atoms with E-state index in [1.807, 2.05) is 4.90 Å². The number of hydrogen-bond acceptors (Lipinski definition) is 8. The number of anilines is 1. The molecule has 0 aromatic heterocycles. The van der Waals surface area contributed by atoms with Crippen LogP contribution in [0.3, 0.4) is 0 Å². The summed E-state index contributed by atoms with van der Waals surface area (Å²) in [5.74, 6) is -0.629. The van der Waals surface area contributed by atoms with Crippen LogP contribution in [0.15, 0.2) is 23.1 Å². The van der Waals surface area contributed by atoms with Crippen molar-refractivity contribution in [2.75, 3.05) is 71.2 Å². The number of unbranched alkanes of at least 4 members (excludes halogenated alkanes) is 1. The van der Waals surface area contributed by atoms with Crippen LogP contribution in [-0.2, 0) is 29.0 Å². The molecule has 11 heteroatoms. The van der Waals surface area contributed by atoms with Crippen LogP contribution in [0.1, 0.15) is 29.6 Å². The van der Waals surface area contributed by atoms with Crippen molar-refractivity contribution < 1.29 is 32.2 Å². The molecule has 0 unspecified atom stereocenters. The van der Waals surface area contributed by atoms with Crippen molar-refractivity contribution in [1.29, 1.82) is 0 Å². The Labute approximate surface area is 188 Å². The second kappa shape index (κ2) is 11.6. The van der Waals surface area contributed by atoms with Crippen LogP contribution in [0.4, 0.5) is 5.69 Å². The second-order valence-electron chi connectivity index (χ2n) is 7.58. The molecule has 2 aliphatic heterocycles. The normalized spacial score (nSPS) is 17.7. The van der Waals surface area contributed by atoms with Crippen molar-refractivity contribution in [2.45, 2.75) is 24.2 Å². The van der Waals surface area contributed by atoms with Crippen LogP contribution in [0.5, 0.6) is 0 Å². The molecule has 2 aliphatic rings. The molecule has 2 heterocycles. The minimum absolute atomic E-state index is 0.0900. The van der Waals surface area contributed by atoms with Crippen molar-refractivity contribution in [3.8, 4) is 0 Å². The van der Waals surface area contributed by atoms with E-state index in [1.54, 1.807) is 12.1 Å². The molecule has 1 N–H and O–H groups in total. The number of amides is 1. The summed E-state index contributed by atoms with van der Waals surface area (Å²) in [7, 11) is -2.39. The summed E-state index contributed by atoms with van der Waals surface area (Å²) in [6.45, 7) is 3.98. The number of morpholine rings is 2. The molecule has 0 aliphatic carbocycles. The van der Waals surface area contributed by atoms with E-state index in [0.717, 1.165) is 0 Å². The number of carbonyl (C=O) groups is 2. The number of sulfonamides is 1. The Hall–Kier alpha value is -2.21. The maximum Gasteiger partial charge on any atom is 0.305 e. The summed E-state index contributed by atoms with van der Waals surface area (Å²) in [6.07, 6.45) is 1.49. The van der Waals surface area contributed by atoms with Crippen LogP contribution in [0.2, 0.25) is 0 Å². The van der Waals surface area contributed by atoms with Crippen molar-refractivity contribution in [1.82, 2.24) is 9.62 Å². The predicted octanol–water partition coefficient (Wildman–Crippen LogP) is 0.617. The molecule has 10 nitrogen and oxygen atoms in total. The Balaban J connectivity index is 1.77. The van der Waals surface area contributed by atoms with Gasteiger partial charge in [-0.1, -0.05) is 0 Å². The van der Waals surface area contributed by atoms with Crippen LogP contribution in [0.25, 0.3) is 0 Å². The number of nitrogens with one attached hydrogen (secondary N) is 1. The van der Waals surface area contributed by atoms with Crippen LogP contribution in [-0.4, -0.2) is 90.9 Å². The Morgan fingerprint density at radius 2 is 1.69 bits per heavy atom. The van der Waals surface area contributed by atoms with Gasteiger partial charge in [-0.2, -0.15) is 4.31 Å². The fraction of sp³-hybridized carbons (Fsp3) is 0.619. The number of methoxy groups -OCH3 is 1. The van der Waals surface area contributed by atoms with Gasteiger partial charge in [-0.05, 0) is 31.0 Å². The molecule has 0 atom stereocenters. The zero-order valence-corrected chi connectivity index (χ0v) is 19.2. The smallest absolute Gasteiger partial charge is 0.305 e. The molecule has 2 fully saturated rings. The average molecular weight is 470 g/mol. The molecule has 1 aromatic rings. The molecule has 178 valence electrons. The highest BCUT2D eigenvalue weighted by atomic mass is 32.2. The molecule has 2 saturated heterocycles. The Kier molecular flexibility index (Phi) is 8.85. The van der Waals surface area contributed by atoms with Gasteiger partial charge in [-0.3, -0.25) is 9.59 Å². The molecule has 32 heavy (non-hydrogen) atoms. The van der Waals surface area contributed by atoms with Gasteiger partial charge in [0.1, 0.15) is 0 Å².